The van der Waals surface area contributed by atoms with E-state index < -0.39 is 18.6 Å². The lowest BCUT2D eigenvalue weighted by Crippen LogP contribution is -2.41. The fraction of sp³-hybridized carbons (Fsp3) is 0.588. The van der Waals surface area contributed by atoms with Crippen molar-refractivity contribution in [2.75, 3.05) is 69.9 Å². The molecule has 1 aliphatic heterocycles. The van der Waals surface area contributed by atoms with Gasteiger partial charge in [0.05, 0.1) is 32.9 Å². The number of carbonyl (C=O) groups is 1. The van der Waals surface area contributed by atoms with Crippen LogP contribution >= 0.6 is 0 Å². The van der Waals surface area contributed by atoms with Gasteiger partial charge in [0.1, 0.15) is 0 Å². The van der Waals surface area contributed by atoms with Crippen LogP contribution in [-0.2, 0) is 14.3 Å². The van der Waals surface area contributed by atoms with Crippen LogP contribution in [0.25, 0.3) is 0 Å². The first-order valence-electron chi connectivity index (χ1n) is 8.38. The molecule has 1 aliphatic rings. The first-order valence-corrected chi connectivity index (χ1v) is 8.38. The third-order valence-electron chi connectivity index (χ3n) is 3.91. The van der Waals surface area contributed by atoms with Crippen molar-refractivity contribution in [2.45, 2.75) is 6.18 Å². The van der Waals surface area contributed by atoms with Crippen LogP contribution < -0.4 is 10.2 Å². The number of benzene rings is 1. The van der Waals surface area contributed by atoms with Crippen molar-refractivity contribution in [3.8, 4) is 0 Å². The molecule has 2 rings (SSSR count). The van der Waals surface area contributed by atoms with E-state index in [4.69, 9.17) is 9.47 Å². The number of hydrogen-bond acceptors (Lipinski definition) is 5. The molecule has 1 saturated heterocycles. The van der Waals surface area contributed by atoms with Crippen molar-refractivity contribution < 1.29 is 27.4 Å². The number of anilines is 2. The molecule has 1 fully saturated rings. The zero-order valence-corrected chi connectivity index (χ0v) is 14.7. The summed E-state index contributed by atoms with van der Waals surface area (Å²) in [7, 11) is 1.40. The highest BCUT2D eigenvalue weighted by Crippen LogP contribution is 2.19. The molecule has 0 bridgehead atoms. The van der Waals surface area contributed by atoms with E-state index in [1.54, 1.807) is 12.1 Å². The molecule has 146 valence electrons. The molecule has 0 saturated carbocycles. The summed E-state index contributed by atoms with van der Waals surface area (Å²) in [4.78, 5) is 15.3. The Morgan fingerprint density at radius 2 is 1.92 bits per heavy atom. The van der Waals surface area contributed by atoms with Crippen LogP contribution in [0.4, 0.5) is 24.5 Å². The van der Waals surface area contributed by atoms with Gasteiger partial charge < -0.3 is 19.7 Å². The fourth-order valence-electron chi connectivity index (χ4n) is 2.67. The quantitative estimate of drug-likeness (QED) is 0.753. The van der Waals surface area contributed by atoms with Gasteiger partial charge in [-0.25, -0.2) is 0 Å². The number of morpholine rings is 1. The SMILES string of the molecule is COCCN(CC(=O)Nc1ccc(N2CCOCC2)cc1)CC(F)(F)F. The molecule has 26 heavy (non-hydrogen) atoms. The molecule has 1 heterocycles. The summed E-state index contributed by atoms with van der Waals surface area (Å²) in [5.41, 5.74) is 1.57. The summed E-state index contributed by atoms with van der Waals surface area (Å²) in [6, 6.07) is 7.23. The van der Waals surface area contributed by atoms with E-state index >= 15 is 0 Å². The van der Waals surface area contributed by atoms with Crippen LogP contribution in [0, 0.1) is 0 Å². The summed E-state index contributed by atoms with van der Waals surface area (Å²) in [5, 5.41) is 2.63. The maximum absolute atomic E-state index is 12.6. The van der Waals surface area contributed by atoms with Crippen molar-refractivity contribution in [3.63, 3.8) is 0 Å². The van der Waals surface area contributed by atoms with E-state index in [9.17, 15) is 18.0 Å². The Kier molecular flexibility index (Phi) is 7.67. The van der Waals surface area contributed by atoms with Crippen molar-refractivity contribution in [1.29, 1.82) is 0 Å². The zero-order chi connectivity index (χ0) is 19.0. The molecular formula is C17H24F3N3O3. The number of halogens is 3. The van der Waals surface area contributed by atoms with Gasteiger partial charge in [-0.2, -0.15) is 13.2 Å². The van der Waals surface area contributed by atoms with Crippen LogP contribution in [0.15, 0.2) is 24.3 Å². The molecule has 1 N–H and O–H groups in total. The van der Waals surface area contributed by atoms with Crippen molar-refractivity contribution in [2.24, 2.45) is 0 Å². The van der Waals surface area contributed by atoms with Gasteiger partial charge >= 0.3 is 6.18 Å². The molecule has 9 heteroatoms. The minimum Gasteiger partial charge on any atom is -0.383 e. The second kappa shape index (κ2) is 9.75. The lowest BCUT2D eigenvalue weighted by molar-refractivity contribution is -0.149. The third-order valence-corrected chi connectivity index (χ3v) is 3.91. The monoisotopic (exact) mass is 375 g/mol. The average molecular weight is 375 g/mol. The van der Waals surface area contributed by atoms with E-state index in [2.05, 4.69) is 10.2 Å². The molecule has 0 spiro atoms. The average Bonchev–Trinajstić information content (AvgIpc) is 2.60. The van der Waals surface area contributed by atoms with Gasteiger partial charge in [0, 0.05) is 38.1 Å². The standard InChI is InChI=1S/C17H24F3N3O3/c1-25-9-6-22(13-17(18,19)20)12-16(24)21-14-2-4-15(5-3-14)23-7-10-26-11-8-23/h2-5H,6-13H2,1H3,(H,21,24). The molecular weight excluding hydrogens is 351 g/mol. The number of amides is 1. The number of hydrogen-bond donors (Lipinski definition) is 1. The molecule has 0 aromatic heterocycles. The number of nitrogens with one attached hydrogen (secondary N) is 1. The van der Waals surface area contributed by atoms with Gasteiger partial charge in [-0.3, -0.25) is 9.69 Å². The number of methoxy groups -OCH3 is 1. The molecule has 6 nitrogen and oxygen atoms in total. The molecule has 0 aliphatic carbocycles. The highest BCUT2D eigenvalue weighted by atomic mass is 19.4. The number of alkyl halides is 3. The van der Waals surface area contributed by atoms with Gasteiger partial charge in [-0.1, -0.05) is 0 Å². The lowest BCUT2D eigenvalue weighted by Gasteiger charge is -2.29. The van der Waals surface area contributed by atoms with E-state index in [1.807, 2.05) is 12.1 Å². The highest BCUT2D eigenvalue weighted by molar-refractivity contribution is 5.92. The van der Waals surface area contributed by atoms with Crippen molar-refractivity contribution >= 4 is 17.3 Å². The summed E-state index contributed by atoms with van der Waals surface area (Å²) in [6.07, 6.45) is -4.37. The lowest BCUT2D eigenvalue weighted by atomic mass is 10.2. The Balaban J connectivity index is 1.88. The predicted molar refractivity (Wildman–Crippen MR) is 92.5 cm³/mol. The number of nitrogens with zero attached hydrogens (tertiary/aromatic N) is 2. The van der Waals surface area contributed by atoms with Crippen molar-refractivity contribution in [3.05, 3.63) is 24.3 Å². The Labute approximate surface area is 150 Å². The van der Waals surface area contributed by atoms with E-state index in [0.29, 0.717) is 18.9 Å². The Bertz CT molecular complexity index is 561. The number of rotatable bonds is 8. The van der Waals surface area contributed by atoms with Crippen LogP contribution in [-0.4, -0.2) is 76.6 Å². The maximum Gasteiger partial charge on any atom is 0.401 e. The van der Waals surface area contributed by atoms with Gasteiger partial charge in [-0.15, -0.1) is 0 Å². The Morgan fingerprint density at radius 1 is 1.27 bits per heavy atom. The second-order valence-electron chi connectivity index (χ2n) is 6.01. The summed E-state index contributed by atoms with van der Waals surface area (Å²) in [5.74, 6) is -0.496. The fourth-order valence-corrected chi connectivity index (χ4v) is 2.67. The van der Waals surface area contributed by atoms with Gasteiger partial charge in [0.25, 0.3) is 0 Å². The van der Waals surface area contributed by atoms with E-state index in [0.717, 1.165) is 23.7 Å². The minimum atomic E-state index is -4.37. The van der Waals surface area contributed by atoms with Crippen molar-refractivity contribution in [1.82, 2.24) is 4.90 Å². The molecule has 1 aromatic rings. The van der Waals surface area contributed by atoms with E-state index in [-0.39, 0.29) is 19.7 Å². The topological polar surface area (TPSA) is 54.0 Å². The Morgan fingerprint density at radius 3 is 2.50 bits per heavy atom. The van der Waals surface area contributed by atoms with Crippen LogP contribution in [0.5, 0.6) is 0 Å². The van der Waals surface area contributed by atoms with Gasteiger partial charge in [-0.05, 0) is 24.3 Å². The summed E-state index contributed by atoms with van der Waals surface area (Å²) in [6.45, 7) is 1.60. The first kappa shape index (κ1) is 20.5. The Hall–Kier alpha value is -1.84. The largest absolute Gasteiger partial charge is 0.401 e. The highest BCUT2D eigenvalue weighted by Gasteiger charge is 2.31. The van der Waals surface area contributed by atoms with Gasteiger partial charge in [0.2, 0.25) is 5.91 Å². The summed E-state index contributed by atoms with van der Waals surface area (Å²) < 4.78 is 47.9. The molecule has 1 amide bonds. The molecule has 0 unspecified atom stereocenters. The first-order chi connectivity index (χ1) is 12.4. The second-order valence-corrected chi connectivity index (χ2v) is 6.01. The zero-order valence-electron chi connectivity index (χ0n) is 14.7. The number of ether oxygens (including phenoxy) is 2. The molecule has 1 aromatic carbocycles. The third kappa shape index (κ3) is 7.19. The van der Waals surface area contributed by atoms with E-state index in [1.165, 1.54) is 7.11 Å². The number of carbonyl (C=O) groups excluding carboxylic acids is 1. The van der Waals surface area contributed by atoms with Crippen LogP contribution in [0.1, 0.15) is 0 Å². The molecule has 0 radical (unpaired) electrons. The normalized spacial score (nSPS) is 15.3. The molecule has 0 atom stereocenters. The van der Waals surface area contributed by atoms with Gasteiger partial charge in [0.15, 0.2) is 0 Å². The maximum atomic E-state index is 12.6. The predicted octanol–water partition coefficient (Wildman–Crippen LogP) is 1.97. The minimum absolute atomic E-state index is 0.0272. The van der Waals surface area contributed by atoms with Crippen LogP contribution in [0.3, 0.4) is 0 Å². The summed E-state index contributed by atoms with van der Waals surface area (Å²) >= 11 is 0. The van der Waals surface area contributed by atoms with Crippen LogP contribution in [0.2, 0.25) is 0 Å². The smallest absolute Gasteiger partial charge is 0.383 e.